The molecule has 0 aromatic carbocycles. The van der Waals surface area contributed by atoms with Gasteiger partial charge in [0.15, 0.2) is 0 Å². The molecule has 5 heteroatoms. The van der Waals surface area contributed by atoms with E-state index in [0.29, 0.717) is 19.5 Å². The van der Waals surface area contributed by atoms with Gasteiger partial charge in [-0.2, -0.15) is 0 Å². The van der Waals surface area contributed by atoms with Crippen molar-refractivity contribution in [2.24, 2.45) is 0 Å². The van der Waals surface area contributed by atoms with Crippen molar-refractivity contribution in [3.05, 3.63) is 0 Å². The molecule has 0 radical (unpaired) electrons. The fourth-order valence-electron chi connectivity index (χ4n) is 2.25. The number of rotatable bonds is 3. The summed E-state index contributed by atoms with van der Waals surface area (Å²) < 4.78 is 0. The average Bonchev–Trinajstić information content (AvgIpc) is 2.35. The van der Waals surface area contributed by atoms with E-state index >= 15 is 0 Å². The van der Waals surface area contributed by atoms with Gasteiger partial charge >= 0.3 is 12.0 Å². The van der Waals surface area contributed by atoms with Gasteiger partial charge in [0, 0.05) is 13.1 Å². The molecule has 1 N–H and O–H groups in total. The molecule has 0 aromatic heterocycles. The second-order valence-corrected chi connectivity index (χ2v) is 4.69. The van der Waals surface area contributed by atoms with E-state index < -0.39 is 11.5 Å². The Labute approximate surface area is 108 Å². The Morgan fingerprint density at radius 2 is 2.17 bits per heavy atom. The zero-order valence-electron chi connectivity index (χ0n) is 11.0. The third-order valence-corrected chi connectivity index (χ3v) is 3.52. The number of carbonyl (C=O) groups excluding carboxylic acids is 1. The molecule has 0 saturated carbocycles. The van der Waals surface area contributed by atoms with Crippen LogP contribution in [0.15, 0.2) is 0 Å². The van der Waals surface area contributed by atoms with Crippen LogP contribution in [0.3, 0.4) is 0 Å². The molecular formula is C13H20N2O3. The normalized spacial score (nSPS) is 23.3. The van der Waals surface area contributed by atoms with Gasteiger partial charge in [0.25, 0.3) is 0 Å². The van der Waals surface area contributed by atoms with Crippen LogP contribution in [-0.2, 0) is 4.79 Å². The van der Waals surface area contributed by atoms with Crippen molar-refractivity contribution in [1.29, 1.82) is 0 Å². The van der Waals surface area contributed by atoms with Crippen LogP contribution in [0, 0.1) is 12.3 Å². The van der Waals surface area contributed by atoms with Crippen molar-refractivity contribution in [2.75, 3.05) is 19.6 Å². The van der Waals surface area contributed by atoms with Crippen LogP contribution in [-0.4, -0.2) is 52.1 Å². The molecule has 0 spiro atoms. The Hall–Kier alpha value is -1.70. The third-order valence-electron chi connectivity index (χ3n) is 3.52. The second kappa shape index (κ2) is 5.76. The van der Waals surface area contributed by atoms with Crippen molar-refractivity contribution in [2.45, 2.75) is 38.6 Å². The molecule has 1 fully saturated rings. The maximum Gasteiger partial charge on any atom is 0.329 e. The Kier molecular flexibility index (Phi) is 4.60. The van der Waals surface area contributed by atoms with Gasteiger partial charge in [-0.1, -0.05) is 5.92 Å². The highest BCUT2D eigenvalue weighted by molar-refractivity contribution is 5.86. The van der Waals surface area contributed by atoms with Crippen LogP contribution in [0.5, 0.6) is 0 Å². The molecule has 1 heterocycles. The van der Waals surface area contributed by atoms with Gasteiger partial charge in [-0.25, -0.2) is 9.59 Å². The summed E-state index contributed by atoms with van der Waals surface area (Å²) in [5.41, 5.74) is -1.11. The predicted octanol–water partition coefficient (Wildman–Crippen LogP) is 1.39. The maximum absolute atomic E-state index is 12.3. The van der Waals surface area contributed by atoms with Crippen LogP contribution in [0.2, 0.25) is 0 Å². The van der Waals surface area contributed by atoms with Gasteiger partial charge in [0.05, 0.1) is 6.54 Å². The van der Waals surface area contributed by atoms with Crippen molar-refractivity contribution < 1.29 is 14.7 Å². The predicted molar refractivity (Wildman–Crippen MR) is 68.1 cm³/mol. The molecule has 0 aliphatic carbocycles. The number of nitrogens with zero attached hydrogens (tertiary/aromatic N) is 2. The van der Waals surface area contributed by atoms with Gasteiger partial charge < -0.3 is 14.9 Å². The van der Waals surface area contributed by atoms with E-state index in [1.54, 1.807) is 6.92 Å². The first-order valence-corrected chi connectivity index (χ1v) is 6.20. The zero-order valence-corrected chi connectivity index (χ0v) is 11.0. The Morgan fingerprint density at radius 3 is 2.67 bits per heavy atom. The van der Waals surface area contributed by atoms with Crippen molar-refractivity contribution in [3.63, 3.8) is 0 Å². The Morgan fingerprint density at radius 1 is 1.50 bits per heavy atom. The van der Waals surface area contributed by atoms with Crippen LogP contribution >= 0.6 is 0 Å². The van der Waals surface area contributed by atoms with E-state index in [4.69, 9.17) is 6.42 Å². The SMILES string of the molecule is C#CCN(CC)C(=O)N1CCCCC1(C)C(=O)O. The first-order chi connectivity index (χ1) is 8.47. The van der Waals surface area contributed by atoms with Gasteiger partial charge in [-0.3, -0.25) is 0 Å². The van der Waals surface area contributed by atoms with Gasteiger partial charge in [-0.15, -0.1) is 6.42 Å². The van der Waals surface area contributed by atoms with E-state index in [1.807, 2.05) is 6.92 Å². The summed E-state index contributed by atoms with van der Waals surface area (Å²) in [6.07, 6.45) is 7.37. The zero-order chi connectivity index (χ0) is 13.8. The molecule has 1 aliphatic heterocycles. The number of hydrogen-bond acceptors (Lipinski definition) is 2. The molecule has 0 bridgehead atoms. The molecule has 1 aliphatic rings. The molecule has 18 heavy (non-hydrogen) atoms. The third kappa shape index (κ3) is 2.58. The monoisotopic (exact) mass is 252 g/mol. The lowest BCUT2D eigenvalue weighted by Crippen LogP contribution is -2.60. The number of likely N-dealkylation sites (tertiary alicyclic amines) is 1. The van der Waals surface area contributed by atoms with E-state index in [0.717, 1.165) is 12.8 Å². The van der Waals surface area contributed by atoms with Crippen molar-refractivity contribution >= 4 is 12.0 Å². The summed E-state index contributed by atoms with van der Waals surface area (Å²) in [5.74, 6) is 1.47. The van der Waals surface area contributed by atoms with Crippen LogP contribution < -0.4 is 0 Å². The summed E-state index contributed by atoms with van der Waals surface area (Å²) in [5, 5.41) is 9.35. The summed E-state index contributed by atoms with van der Waals surface area (Å²) in [7, 11) is 0. The quantitative estimate of drug-likeness (QED) is 0.772. The van der Waals surface area contributed by atoms with Crippen molar-refractivity contribution in [3.8, 4) is 12.3 Å². The molecule has 0 aromatic rings. The van der Waals surface area contributed by atoms with E-state index in [2.05, 4.69) is 5.92 Å². The lowest BCUT2D eigenvalue weighted by atomic mass is 9.89. The van der Waals surface area contributed by atoms with E-state index in [9.17, 15) is 14.7 Å². The minimum atomic E-state index is -1.11. The van der Waals surface area contributed by atoms with Crippen molar-refractivity contribution in [1.82, 2.24) is 9.80 Å². The van der Waals surface area contributed by atoms with Crippen LogP contribution in [0.4, 0.5) is 4.79 Å². The number of aliphatic carboxylic acids is 1. The Balaban J connectivity index is 2.94. The number of terminal acetylenes is 1. The molecule has 5 nitrogen and oxygen atoms in total. The van der Waals surface area contributed by atoms with Crippen LogP contribution in [0.25, 0.3) is 0 Å². The minimum absolute atomic E-state index is 0.210. The smallest absolute Gasteiger partial charge is 0.329 e. The summed E-state index contributed by atoms with van der Waals surface area (Å²) in [6.45, 7) is 4.60. The highest BCUT2D eigenvalue weighted by atomic mass is 16.4. The number of hydrogen-bond donors (Lipinski definition) is 1. The molecule has 2 amide bonds. The Bertz CT molecular complexity index is 375. The summed E-state index contributed by atoms with van der Waals surface area (Å²) >= 11 is 0. The highest BCUT2D eigenvalue weighted by Crippen LogP contribution is 2.29. The molecule has 1 rings (SSSR count). The fraction of sp³-hybridized carbons (Fsp3) is 0.692. The number of amides is 2. The maximum atomic E-state index is 12.3. The lowest BCUT2D eigenvalue weighted by molar-refractivity contribution is -0.150. The molecule has 100 valence electrons. The van der Waals surface area contributed by atoms with Crippen LogP contribution in [0.1, 0.15) is 33.1 Å². The standard InChI is InChI=1S/C13H20N2O3/c1-4-9-14(5-2)12(18)15-10-7-6-8-13(15,3)11(16)17/h1H,5-10H2,2-3H3,(H,16,17). The number of piperidine rings is 1. The number of urea groups is 1. The molecule has 1 unspecified atom stereocenters. The second-order valence-electron chi connectivity index (χ2n) is 4.69. The minimum Gasteiger partial charge on any atom is -0.480 e. The average molecular weight is 252 g/mol. The summed E-state index contributed by atoms with van der Waals surface area (Å²) in [6, 6.07) is -0.278. The number of carboxylic acid groups (broad SMARTS) is 1. The fourth-order valence-corrected chi connectivity index (χ4v) is 2.25. The number of carboxylic acids is 1. The van der Waals surface area contributed by atoms with Gasteiger partial charge in [0.2, 0.25) is 0 Å². The van der Waals surface area contributed by atoms with E-state index in [-0.39, 0.29) is 12.6 Å². The summed E-state index contributed by atoms with van der Waals surface area (Å²) in [4.78, 5) is 26.7. The van der Waals surface area contributed by atoms with E-state index in [1.165, 1.54) is 9.80 Å². The molecule has 1 saturated heterocycles. The lowest BCUT2D eigenvalue weighted by Gasteiger charge is -2.43. The molecular weight excluding hydrogens is 232 g/mol. The first kappa shape index (κ1) is 14.4. The highest BCUT2D eigenvalue weighted by Gasteiger charge is 2.44. The topological polar surface area (TPSA) is 60.9 Å². The number of carbonyl (C=O) groups is 2. The first-order valence-electron chi connectivity index (χ1n) is 6.20. The van der Waals surface area contributed by atoms with Gasteiger partial charge in [0.1, 0.15) is 5.54 Å². The van der Waals surface area contributed by atoms with Gasteiger partial charge in [-0.05, 0) is 33.1 Å². The molecule has 1 atom stereocenters. The largest absolute Gasteiger partial charge is 0.480 e.